The highest BCUT2D eigenvalue weighted by Gasteiger charge is 2.15. The summed E-state index contributed by atoms with van der Waals surface area (Å²) in [7, 11) is 0. The van der Waals surface area contributed by atoms with Gasteiger partial charge in [-0.2, -0.15) is 0 Å². The van der Waals surface area contributed by atoms with Crippen LogP contribution in [0.5, 0.6) is 0 Å². The van der Waals surface area contributed by atoms with Crippen LogP contribution in [0.4, 0.5) is 0 Å². The first-order valence-corrected chi connectivity index (χ1v) is 12.0. The number of carbonyl (C=O) groups excluding carboxylic acids is 1. The maximum absolute atomic E-state index is 12.2. The van der Waals surface area contributed by atoms with Crippen molar-refractivity contribution in [3.63, 3.8) is 0 Å². The number of hydrogen-bond acceptors (Lipinski definition) is 5. The first-order valence-electron chi connectivity index (χ1n) is 11.1. The van der Waals surface area contributed by atoms with Gasteiger partial charge in [-0.1, -0.05) is 54.2 Å². The smallest absolute Gasteiger partial charge is 0.338 e. The largest absolute Gasteiger partial charge is 0.462 e. The third-order valence-electron chi connectivity index (χ3n) is 5.34. The van der Waals surface area contributed by atoms with E-state index in [1.54, 1.807) is 11.8 Å². The molecule has 0 bridgehead atoms. The second kappa shape index (κ2) is 10.7. The average Bonchev–Trinajstić information content (AvgIpc) is 3.17. The van der Waals surface area contributed by atoms with Gasteiger partial charge in [0.05, 0.1) is 23.2 Å². The molecule has 32 heavy (non-hydrogen) atoms. The molecular formula is C26H28N2O3S. The molecule has 4 aromatic rings. The van der Waals surface area contributed by atoms with E-state index in [0.29, 0.717) is 18.8 Å². The van der Waals surface area contributed by atoms with Crippen LogP contribution < -0.4 is 0 Å². The number of hydrogen-bond donors (Lipinski definition) is 0. The number of aryl methyl sites for hydroxylation is 1. The lowest BCUT2D eigenvalue weighted by molar-refractivity contribution is 0.0526. The van der Waals surface area contributed by atoms with Gasteiger partial charge in [-0.3, -0.25) is 0 Å². The Morgan fingerprint density at radius 2 is 1.88 bits per heavy atom. The van der Waals surface area contributed by atoms with Gasteiger partial charge < -0.3 is 14.0 Å². The van der Waals surface area contributed by atoms with Crippen LogP contribution in [0.25, 0.3) is 21.8 Å². The Morgan fingerprint density at radius 1 is 1.03 bits per heavy atom. The SMILES string of the molecule is CCOCCCn1c(SCc2cccc3ccccc23)nc2cc(C(=O)OCC)ccc21. The van der Waals surface area contributed by atoms with Crippen LogP contribution in [-0.4, -0.2) is 35.3 Å². The Labute approximate surface area is 192 Å². The molecule has 0 saturated heterocycles. The lowest BCUT2D eigenvalue weighted by Gasteiger charge is -2.10. The summed E-state index contributed by atoms with van der Waals surface area (Å²) in [5.41, 5.74) is 3.65. The third-order valence-corrected chi connectivity index (χ3v) is 6.36. The van der Waals surface area contributed by atoms with Gasteiger partial charge in [0.25, 0.3) is 0 Å². The van der Waals surface area contributed by atoms with E-state index in [9.17, 15) is 4.79 Å². The van der Waals surface area contributed by atoms with Gasteiger partial charge in [-0.15, -0.1) is 0 Å². The monoisotopic (exact) mass is 448 g/mol. The molecule has 1 aromatic heterocycles. The van der Waals surface area contributed by atoms with E-state index in [1.807, 2.05) is 32.0 Å². The van der Waals surface area contributed by atoms with Gasteiger partial charge in [0, 0.05) is 25.5 Å². The number of aromatic nitrogens is 2. The topological polar surface area (TPSA) is 53.4 Å². The molecule has 1 heterocycles. The minimum absolute atomic E-state index is 0.315. The van der Waals surface area contributed by atoms with E-state index in [1.165, 1.54) is 16.3 Å². The van der Waals surface area contributed by atoms with Crippen molar-refractivity contribution in [1.82, 2.24) is 9.55 Å². The molecule has 0 aliphatic rings. The fraction of sp³-hybridized carbons (Fsp3) is 0.308. The molecule has 0 atom stereocenters. The van der Waals surface area contributed by atoms with Crippen LogP contribution >= 0.6 is 11.8 Å². The lowest BCUT2D eigenvalue weighted by atomic mass is 10.1. The maximum Gasteiger partial charge on any atom is 0.338 e. The summed E-state index contributed by atoms with van der Waals surface area (Å²) < 4.78 is 12.9. The van der Waals surface area contributed by atoms with E-state index >= 15 is 0 Å². The Bertz CT molecular complexity index is 1210. The number of thioether (sulfide) groups is 1. The van der Waals surface area contributed by atoms with Crippen LogP contribution in [0, 0.1) is 0 Å². The number of esters is 1. The first-order chi connectivity index (χ1) is 15.7. The van der Waals surface area contributed by atoms with Crippen LogP contribution in [0.15, 0.2) is 65.8 Å². The molecule has 0 unspecified atom stereocenters. The minimum Gasteiger partial charge on any atom is -0.462 e. The molecule has 0 N–H and O–H groups in total. The number of ether oxygens (including phenoxy) is 2. The summed E-state index contributed by atoms with van der Waals surface area (Å²) in [6.07, 6.45) is 0.904. The predicted molar refractivity (Wildman–Crippen MR) is 130 cm³/mol. The van der Waals surface area contributed by atoms with Crippen molar-refractivity contribution in [2.75, 3.05) is 19.8 Å². The summed E-state index contributed by atoms with van der Waals surface area (Å²) in [4.78, 5) is 17.1. The molecule has 0 amide bonds. The zero-order valence-electron chi connectivity index (χ0n) is 18.5. The fourth-order valence-corrected chi connectivity index (χ4v) is 4.85. The number of nitrogens with zero attached hydrogens (tertiary/aromatic N) is 2. The van der Waals surface area contributed by atoms with E-state index < -0.39 is 0 Å². The van der Waals surface area contributed by atoms with Gasteiger partial charge in [0.15, 0.2) is 5.16 Å². The number of carbonyl (C=O) groups is 1. The summed E-state index contributed by atoms with van der Waals surface area (Å²) >= 11 is 1.72. The van der Waals surface area contributed by atoms with Crippen molar-refractivity contribution < 1.29 is 14.3 Å². The van der Waals surface area contributed by atoms with Crippen molar-refractivity contribution in [3.05, 3.63) is 71.8 Å². The quantitative estimate of drug-likeness (QED) is 0.167. The Morgan fingerprint density at radius 3 is 2.72 bits per heavy atom. The van der Waals surface area contributed by atoms with E-state index in [2.05, 4.69) is 47.0 Å². The average molecular weight is 449 g/mol. The zero-order chi connectivity index (χ0) is 22.3. The molecule has 0 aliphatic carbocycles. The van der Waals surface area contributed by atoms with Crippen LogP contribution in [0.3, 0.4) is 0 Å². The van der Waals surface area contributed by atoms with Crippen LogP contribution in [0.1, 0.15) is 36.2 Å². The lowest BCUT2D eigenvalue weighted by Crippen LogP contribution is -2.05. The molecule has 0 saturated carbocycles. The summed E-state index contributed by atoms with van der Waals surface area (Å²) in [5.74, 6) is 0.506. The molecule has 3 aromatic carbocycles. The van der Waals surface area contributed by atoms with Gasteiger partial charge >= 0.3 is 5.97 Å². The third kappa shape index (κ3) is 4.97. The van der Waals surface area contributed by atoms with Crippen LogP contribution in [0.2, 0.25) is 0 Å². The second-order valence-electron chi connectivity index (χ2n) is 7.45. The minimum atomic E-state index is -0.315. The summed E-state index contributed by atoms with van der Waals surface area (Å²) in [6.45, 7) is 6.42. The highest BCUT2D eigenvalue weighted by molar-refractivity contribution is 7.98. The predicted octanol–water partition coefficient (Wildman–Crippen LogP) is 6.09. The normalized spacial score (nSPS) is 11.3. The number of benzene rings is 3. The molecule has 0 aliphatic heterocycles. The van der Waals surface area contributed by atoms with Gasteiger partial charge in [-0.05, 0) is 54.8 Å². The highest BCUT2D eigenvalue weighted by Crippen LogP contribution is 2.30. The van der Waals surface area contributed by atoms with Crippen molar-refractivity contribution in [2.45, 2.75) is 37.7 Å². The highest BCUT2D eigenvalue weighted by atomic mass is 32.2. The zero-order valence-corrected chi connectivity index (χ0v) is 19.4. The standard InChI is InChI=1S/C26H28N2O3S/c1-3-30-16-8-15-28-24-14-13-20(25(29)31-4-2)17-23(24)27-26(28)32-18-21-11-7-10-19-9-5-6-12-22(19)21/h5-7,9-14,17H,3-4,8,15-16,18H2,1-2H3. The van der Waals surface area contributed by atoms with Gasteiger partial charge in [-0.25, -0.2) is 9.78 Å². The Hall–Kier alpha value is -2.83. The molecular weight excluding hydrogens is 420 g/mol. The van der Waals surface area contributed by atoms with Gasteiger partial charge in [0.2, 0.25) is 0 Å². The summed E-state index contributed by atoms with van der Waals surface area (Å²) in [6, 6.07) is 20.5. The van der Waals surface area contributed by atoms with Crippen molar-refractivity contribution in [2.24, 2.45) is 0 Å². The molecule has 0 fully saturated rings. The van der Waals surface area contributed by atoms with Crippen molar-refractivity contribution in [1.29, 1.82) is 0 Å². The Balaban J connectivity index is 1.63. The molecule has 0 radical (unpaired) electrons. The molecule has 0 spiro atoms. The number of rotatable bonds is 10. The fourth-order valence-electron chi connectivity index (χ4n) is 3.81. The Kier molecular flexibility index (Phi) is 7.45. The molecule has 166 valence electrons. The molecule has 6 heteroatoms. The van der Waals surface area contributed by atoms with Crippen LogP contribution in [-0.2, 0) is 21.8 Å². The number of imidazole rings is 1. The first kappa shape index (κ1) is 22.4. The van der Waals surface area contributed by atoms with E-state index in [0.717, 1.165) is 41.5 Å². The molecule has 5 nitrogen and oxygen atoms in total. The molecule has 4 rings (SSSR count). The van der Waals surface area contributed by atoms with Crippen molar-refractivity contribution >= 4 is 39.5 Å². The van der Waals surface area contributed by atoms with E-state index in [4.69, 9.17) is 14.5 Å². The van der Waals surface area contributed by atoms with Gasteiger partial charge in [0.1, 0.15) is 0 Å². The second-order valence-corrected chi connectivity index (χ2v) is 8.39. The number of fused-ring (bicyclic) bond motifs is 2. The van der Waals surface area contributed by atoms with Crippen molar-refractivity contribution in [3.8, 4) is 0 Å². The van der Waals surface area contributed by atoms with E-state index in [-0.39, 0.29) is 5.97 Å². The summed E-state index contributed by atoms with van der Waals surface area (Å²) in [5, 5.41) is 3.46. The maximum atomic E-state index is 12.2.